The first-order valence-corrected chi connectivity index (χ1v) is 5.95. The Morgan fingerprint density at radius 3 is 2.82 bits per heavy atom. The first-order chi connectivity index (χ1) is 8.12. The Hall–Kier alpha value is -1.20. The van der Waals surface area contributed by atoms with Crippen LogP contribution in [0.4, 0.5) is 0 Å². The zero-order chi connectivity index (χ0) is 12.8. The molecule has 0 aromatic carbocycles. The zero-order valence-corrected chi connectivity index (χ0v) is 10.8. The SMILES string of the molecule is CCc1cc(CC(=O)C(N)COC)n(CC)n1. The minimum absolute atomic E-state index is 0.0101. The Labute approximate surface area is 102 Å². The number of hydrogen-bond acceptors (Lipinski definition) is 4. The largest absolute Gasteiger partial charge is 0.383 e. The number of ketones is 1. The minimum Gasteiger partial charge on any atom is -0.383 e. The first-order valence-electron chi connectivity index (χ1n) is 5.95. The predicted octanol–water partition coefficient (Wildman–Crippen LogP) is 0.551. The van der Waals surface area contributed by atoms with Crippen molar-refractivity contribution in [2.75, 3.05) is 13.7 Å². The number of Topliss-reactive ketones (excluding diaryl/α,β-unsaturated/α-hetero) is 1. The Morgan fingerprint density at radius 1 is 1.59 bits per heavy atom. The van der Waals surface area contributed by atoms with E-state index in [-0.39, 0.29) is 12.4 Å². The molecule has 1 heterocycles. The molecule has 17 heavy (non-hydrogen) atoms. The lowest BCUT2D eigenvalue weighted by molar-refractivity contribution is -0.120. The second-order valence-corrected chi connectivity index (χ2v) is 4.00. The van der Waals surface area contributed by atoms with E-state index in [1.165, 1.54) is 0 Å². The van der Waals surface area contributed by atoms with Crippen LogP contribution in [0.5, 0.6) is 0 Å². The molecule has 96 valence electrons. The third-order valence-electron chi connectivity index (χ3n) is 2.69. The number of carbonyl (C=O) groups is 1. The van der Waals surface area contributed by atoms with Gasteiger partial charge >= 0.3 is 0 Å². The van der Waals surface area contributed by atoms with E-state index >= 15 is 0 Å². The van der Waals surface area contributed by atoms with E-state index in [4.69, 9.17) is 10.5 Å². The molecular weight excluding hydrogens is 218 g/mol. The molecule has 0 saturated carbocycles. The standard InChI is InChI=1S/C12H21N3O2/c1-4-9-6-10(15(5-2)14-9)7-12(16)11(13)8-17-3/h6,11H,4-5,7-8,13H2,1-3H3. The fourth-order valence-electron chi connectivity index (χ4n) is 1.69. The van der Waals surface area contributed by atoms with Crippen LogP contribution in [-0.2, 0) is 28.9 Å². The van der Waals surface area contributed by atoms with E-state index in [2.05, 4.69) is 5.10 Å². The second kappa shape index (κ2) is 6.51. The van der Waals surface area contributed by atoms with Crippen molar-refractivity contribution in [3.8, 4) is 0 Å². The number of nitrogens with zero attached hydrogens (tertiary/aromatic N) is 2. The molecule has 0 bridgehead atoms. The molecule has 1 unspecified atom stereocenters. The van der Waals surface area contributed by atoms with Crippen molar-refractivity contribution >= 4 is 5.78 Å². The number of aromatic nitrogens is 2. The molecule has 0 aliphatic carbocycles. The lowest BCUT2D eigenvalue weighted by Gasteiger charge is -2.09. The molecule has 1 aromatic heterocycles. The predicted molar refractivity (Wildman–Crippen MR) is 65.8 cm³/mol. The highest BCUT2D eigenvalue weighted by molar-refractivity contribution is 5.85. The molecule has 5 heteroatoms. The Bertz CT molecular complexity index is 374. The van der Waals surface area contributed by atoms with Gasteiger partial charge in [-0.15, -0.1) is 0 Å². The van der Waals surface area contributed by atoms with Crippen LogP contribution in [0.1, 0.15) is 25.2 Å². The van der Waals surface area contributed by atoms with E-state index < -0.39 is 6.04 Å². The minimum atomic E-state index is -0.551. The molecule has 1 rings (SSSR count). The highest BCUT2D eigenvalue weighted by Gasteiger charge is 2.16. The fraction of sp³-hybridized carbons (Fsp3) is 0.667. The Morgan fingerprint density at radius 2 is 2.29 bits per heavy atom. The molecule has 0 radical (unpaired) electrons. The van der Waals surface area contributed by atoms with Crippen LogP contribution in [0.2, 0.25) is 0 Å². The van der Waals surface area contributed by atoms with Crippen molar-refractivity contribution in [1.82, 2.24) is 9.78 Å². The summed E-state index contributed by atoms with van der Waals surface area (Å²) in [6.45, 7) is 5.09. The highest BCUT2D eigenvalue weighted by atomic mass is 16.5. The van der Waals surface area contributed by atoms with Crippen molar-refractivity contribution < 1.29 is 9.53 Å². The number of hydrogen-bond donors (Lipinski definition) is 1. The van der Waals surface area contributed by atoms with Crippen LogP contribution in [0.15, 0.2) is 6.07 Å². The van der Waals surface area contributed by atoms with Crippen molar-refractivity contribution in [1.29, 1.82) is 0 Å². The van der Waals surface area contributed by atoms with Gasteiger partial charge in [-0.1, -0.05) is 6.92 Å². The molecule has 0 aliphatic heterocycles. The summed E-state index contributed by atoms with van der Waals surface area (Å²) in [5, 5.41) is 4.40. The number of ether oxygens (including phenoxy) is 1. The van der Waals surface area contributed by atoms with Gasteiger partial charge in [-0.3, -0.25) is 9.48 Å². The van der Waals surface area contributed by atoms with Crippen LogP contribution in [-0.4, -0.2) is 35.3 Å². The van der Waals surface area contributed by atoms with Crippen LogP contribution in [0, 0.1) is 0 Å². The van der Waals surface area contributed by atoms with Gasteiger partial charge in [0.2, 0.25) is 0 Å². The Kier molecular flexibility index (Phi) is 5.31. The van der Waals surface area contributed by atoms with Gasteiger partial charge in [-0.25, -0.2) is 0 Å². The number of aryl methyl sites for hydroxylation is 2. The van der Waals surface area contributed by atoms with E-state index in [0.29, 0.717) is 6.42 Å². The molecule has 0 fully saturated rings. The zero-order valence-electron chi connectivity index (χ0n) is 10.8. The molecule has 0 aliphatic rings. The number of rotatable bonds is 7. The van der Waals surface area contributed by atoms with Crippen LogP contribution < -0.4 is 5.73 Å². The third kappa shape index (κ3) is 3.64. The van der Waals surface area contributed by atoms with Gasteiger partial charge in [0.25, 0.3) is 0 Å². The van der Waals surface area contributed by atoms with Crippen molar-refractivity contribution in [3.63, 3.8) is 0 Å². The van der Waals surface area contributed by atoms with Gasteiger partial charge < -0.3 is 10.5 Å². The highest BCUT2D eigenvalue weighted by Crippen LogP contribution is 2.07. The van der Waals surface area contributed by atoms with Crippen molar-refractivity contribution in [2.45, 2.75) is 39.3 Å². The van der Waals surface area contributed by atoms with E-state index in [1.807, 2.05) is 24.6 Å². The molecule has 0 amide bonds. The maximum Gasteiger partial charge on any atom is 0.157 e. The number of carbonyl (C=O) groups excluding carboxylic acids is 1. The molecule has 1 atom stereocenters. The van der Waals surface area contributed by atoms with E-state index in [0.717, 1.165) is 24.4 Å². The molecule has 0 spiro atoms. The molecule has 1 aromatic rings. The van der Waals surface area contributed by atoms with Crippen molar-refractivity contribution in [3.05, 3.63) is 17.5 Å². The van der Waals surface area contributed by atoms with Crippen LogP contribution in [0.3, 0.4) is 0 Å². The van der Waals surface area contributed by atoms with Gasteiger partial charge in [0.05, 0.1) is 24.8 Å². The normalized spacial score (nSPS) is 12.7. The summed E-state index contributed by atoms with van der Waals surface area (Å²) in [4.78, 5) is 11.8. The molecule has 0 saturated heterocycles. The quantitative estimate of drug-likeness (QED) is 0.754. The summed E-state index contributed by atoms with van der Waals surface area (Å²) in [5.41, 5.74) is 7.64. The topological polar surface area (TPSA) is 70.1 Å². The maximum atomic E-state index is 11.8. The summed E-state index contributed by atoms with van der Waals surface area (Å²) < 4.78 is 6.73. The van der Waals surface area contributed by atoms with E-state index in [9.17, 15) is 4.79 Å². The molecule has 2 N–H and O–H groups in total. The molecular formula is C12H21N3O2. The van der Waals surface area contributed by atoms with Gasteiger partial charge in [-0.2, -0.15) is 5.10 Å². The summed E-state index contributed by atoms with van der Waals surface area (Å²) in [6, 6.07) is 1.42. The van der Waals surface area contributed by atoms with Crippen molar-refractivity contribution in [2.24, 2.45) is 5.73 Å². The third-order valence-corrected chi connectivity index (χ3v) is 2.69. The summed E-state index contributed by atoms with van der Waals surface area (Å²) in [6.07, 6.45) is 1.20. The summed E-state index contributed by atoms with van der Waals surface area (Å²) >= 11 is 0. The Balaban J connectivity index is 2.73. The average Bonchev–Trinajstić information content (AvgIpc) is 2.71. The summed E-state index contributed by atoms with van der Waals surface area (Å²) in [5.74, 6) is -0.0101. The number of nitrogens with two attached hydrogens (primary N) is 1. The van der Waals surface area contributed by atoms with Gasteiger partial charge in [0, 0.05) is 19.3 Å². The lowest BCUT2D eigenvalue weighted by atomic mass is 10.1. The van der Waals surface area contributed by atoms with Crippen LogP contribution >= 0.6 is 0 Å². The smallest absolute Gasteiger partial charge is 0.157 e. The average molecular weight is 239 g/mol. The second-order valence-electron chi connectivity index (χ2n) is 4.00. The molecule has 5 nitrogen and oxygen atoms in total. The van der Waals surface area contributed by atoms with Gasteiger partial charge in [0.1, 0.15) is 0 Å². The fourth-order valence-corrected chi connectivity index (χ4v) is 1.69. The summed E-state index contributed by atoms with van der Waals surface area (Å²) in [7, 11) is 1.54. The van der Waals surface area contributed by atoms with E-state index in [1.54, 1.807) is 7.11 Å². The number of methoxy groups -OCH3 is 1. The van der Waals surface area contributed by atoms with Gasteiger partial charge in [-0.05, 0) is 19.4 Å². The maximum absolute atomic E-state index is 11.8. The lowest BCUT2D eigenvalue weighted by Crippen LogP contribution is -2.36. The van der Waals surface area contributed by atoms with Gasteiger partial charge in [0.15, 0.2) is 5.78 Å². The first kappa shape index (κ1) is 13.9. The monoisotopic (exact) mass is 239 g/mol. The van der Waals surface area contributed by atoms with Crippen LogP contribution in [0.25, 0.3) is 0 Å².